The van der Waals surface area contributed by atoms with Crippen molar-refractivity contribution in [2.45, 2.75) is 19.3 Å². The van der Waals surface area contributed by atoms with Gasteiger partial charge < -0.3 is 9.73 Å². The summed E-state index contributed by atoms with van der Waals surface area (Å²) in [4.78, 5) is 11.7. The van der Waals surface area contributed by atoms with Crippen LogP contribution in [0.2, 0.25) is 0 Å². The number of amides is 1. The van der Waals surface area contributed by atoms with Crippen LogP contribution in [0, 0.1) is 11.7 Å². The van der Waals surface area contributed by atoms with E-state index in [0.29, 0.717) is 23.3 Å². The monoisotopic (exact) mass is 285 g/mol. The highest BCUT2D eigenvalue weighted by Crippen LogP contribution is 2.47. The van der Waals surface area contributed by atoms with E-state index in [4.69, 9.17) is 4.42 Å². The number of benzene rings is 1. The molecule has 0 bridgehead atoms. The summed E-state index contributed by atoms with van der Waals surface area (Å²) in [6.45, 7) is 2.19. The zero-order valence-corrected chi connectivity index (χ0v) is 11.7. The lowest BCUT2D eigenvalue weighted by atomic mass is 10.3. The number of halogens is 1. The highest BCUT2D eigenvalue weighted by molar-refractivity contribution is 6.01. The van der Waals surface area contributed by atoms with Crippen molar-refractivity contribution in [2.24, 2.45) is 5.92 Å². The second kappa shape index (κ2) is 5.56. The molecule has 1 amide bonds. The van der Waals surface area contributed by atoms with Gasteiger partial charge in [0.05, 0.1) is 0 Å². The molecule has 0 radical (unpaired) electrons. The fourth-order valence-electron chi connectivity index (χ4n) is 2.25. The zero-order valence-electron chi connectivity index (χ0n) is 11.7. The Morgan fingerprint density at radius 3 is 2.67 bits per heavy atom. The van der Waals surface area contributed by atoms with Crippen LogP contribution in [0.15, 0.2) is 46.9 Å². The lowest BCUT2D eigenvalue weighted by Gasteiger charge is -2.00. The van der Waals surface area contributed by atoms with Gasteiger partial charge in [-0.3, -0.25) is 4.79 Å². The first-order valence-electron chi connectivity index (χ1n) is 6.96. The Bertz CT molecular complexity index is 672. The summed E-state index contributed by atoms with van der Waals surface area (Å²) < 4.78 is 18.4. The molecule has 1 saturated carbocycles. The number of hydrogen-bond acceptors (Lipinski definition) is 2. The van der Waals surface area contributed by atoms with E-state index in [1.807, 2.05) is 12.1 Å². The molecule has 21 heavy (non-hydrogen) atoms. The van der Waals surface area contributed by atoms with Gasteiger partial charge in [0.15, 0.2) is 0 Å². The van der Waals surface area contributed by atoms with Crippen molar-refractivity contribution in [3.8, 4) is 0 Å². The molecule has 1 aliphatic rings. The summed E-state index contributed by atoms with van der Waals surface area (Å²) in [5.74, 6) is 2.26. The predicted molar refractivity (Wildman–Crippen MR) is 79.3 cm³/mol. The summed E-state index contributed by atoms with van der Waals surface area (Å²) in [5, 5.41) is 2.65. The molecule has 2 aromatic rings. The van der Waals surface area contributed by atoms with E-state index in [1.165, 1.54) is 36.8 Å². The van der Waals surface area contributed by atoms with Crippen LogP contribution >= 0.6 is 0 Å². The first-order valence-corrected chi connectivity index (χ1v) is 6.96. The third-order valence-electron chi connectivity index (χ3n) is 3.63. The molecule has 2 unspecified atom stereocenters. The van der Waals surface area contributed by atoms with E-state index in [2.05, 4.69) is 12.2 Å². The van der Waals surface area contributed by atoms with E-state index >= 15 is 0 Å². The molecule has 1 fully saturated rings. The van der Waals surface area contributed by atoms with Gasteiger partial charge >= 0.3 is 0 Å². The van der Waals surface area contributed by atoms with Gasteiger partial charge in [-0.15, -0.1) is 0 Å². The lowest BCUT2D eigenvalue weighted by molar-refractivity contribution is -0.111. The fraction of sp³-hybridized carbons (Fsp3) is 0.235. The first-order chi connectivity index (χ1) is 10.1. The molecule has 0 spiro atoms. The Hall–Kier alpha value is -2.36. The largest absolute Gasteiger partial charge is 0.461 e. The zero-order chi connectivity index (χ0) is 14.8. The first kappa shape index (κ1) is 13.6. The average molecular weight is 285 g/mol. The molecule has 1 heterocycles. The van der Waals surface area contributed by atoms with E-state index in [1.54, 1.807) is 6.08 Å². The average Bonchev–Trinajstić information content (AvgIpc) is 3.01. The number of carbonyl (C=O) groups is 1. The van der Waals surface area contributed by atoms with Crippen molar-refractivity contribution in [1.29, 1.82) is 0 Å². The van der Waals surface area contributed by atoms with Crippen LogP contribution in [0.5, 0.6) is 0 Å². The van der Waals surface area contributed by atoms with E-state index in [-0.39, 0.29) is 11.7 Å². The fourth-order valence-corrected chi connectivity index (χ4v) is 2.25. The molecule has 2 atom stereocenters. The third-order valence-corrected chi connectivity index (χ3v) is 3.63. The molecular weight excluding hydrogens is 269 g/mol. The Balaban J connectivity index is 1.58. The minimum atomic E-state index is -0.332. The molecule has 0 aliphatic heterocycles. The summed E-state index contributed by atoms with van der Waals surface area (Å²) in [6, 6.07) is 9.46. The van der Waals surface area contributed by atoms with Crippen LogP contribution in [0.1, 0.15) is 30.8 Å². The van der Waals surface area contributed by atoms with Crippen molar-refractivity contribution in [3.05, 3.63) is 59.8 Å². The van der Waals surface area contributed by atoms with Gasteiger partial charge in [-0.1, -0.05) is 6.92 Å². The molecule has 108 valence electrons. The van der Waals surface area contributed by atoms with Crippen LogP contribution in [-0.2, 0) is 4.79 Å². The van der Waals surface area contributed by atoms with Gasteiger partial charge in [0.2, 0.25) is 5.91 Å². The summed E-state index contributed by atoms with van der Waals surface area (Å²) >= 11 is 0. The van der Waals surface area contributed by atoms with Crippen molar-refractivity contribution >= 4 is 17.7 Å². The molecule has 3 rings (SSSR count). The number of carbonyl (C=O) groups excluding carboxylic acids is 1. The minimum Gasteiger partial charge on any atom is -0.461 e. The maximum Gasteiger partial charge on any atom is 0.248 e. The number of rotatable bonds is 4. The van der Waals surface area contributed by atoms with Gasteiger partial charge in [0, 0.05) is 17.7 Å². The van der Waals surface area contributed by atoms with Crippen LogP contribution in [0.3, 0.4) is 0 Å². The Morgan fingerprint density at radius 2 is 2.00 bits per heavy atom. The SMILES string of the molecule is CC1CC1c1ccc(C=CC(=O)Nc2ccc(F)cc2)o1. The summed E-state index contributed by atoms with van der Waals surface area (Å²) in [5.41, 5.74) is 0.554. The van der Waals surface area contributed by atoms with Crippen LogP contribution in [-0.4, -0.2) is 5.91 Å². The smallest absolute Gasteiger partial charge is 0.248 e. The van der Waals surface area contributed by atoms with Crippen molar-refractivity contribution in [2.75, 3.05) is 5.32 Å². The molecule has 1 aromatic heterocycles. The second-order valence-corrected chi connectivity index (χ2v) is 5.39. The normalized spacial score (nSPS) is 20.7. The highest BCUT2D eigenvalue weighted by Gasteiger charge is 2.36. The number of anilines is 1. The van der Waals surface area contributed by atoms with Gasteiger partial charge in [-0.25, -0.2) is 4.39 Å². The standard InChI is InChI=1S/C17H16FNO2/c1-11-10-15(11)16-8-6-14(21-16)7-9-17(20)19-13-4-2-12(18)3-5-13/h2-9,11,15H,10H2,1H3,(H,19,20). The minimum absolute atomic E-state index is 0.278. The Kier molecular flexibility index (Phi) is 3.60. The topological polar surface area (TPSA) is 42.2 Å². The van der Waals surface area contributed by atoms with Crippen LogP contribution in [0.25, 0.3) is 6.08 Å². The Morgan fingerprint density at radius 1 is 1.29 bits per heavy atom. The molecule has 1 aromatic carbocycles. The van der Waals surface area contributed by atoms with Gasteiger partial charge in [0.1, 0.15) is 17.3 Å². The van der Waals surface area contributed by atoms with Gasteiger partial charge in [-0.05, 0) is 54.8 Å². The van der Waals surface area contributed by atoms with Crippen molar-refractivity contribution in [3.63, 3.8) is 0 Å². The summed E-state index contributed by atoms with van der Waals surface area (Å²) in [6.07, 6.45) is 4.21. The van der Waals surface area contributed by atoms with Crippen molar-refractivity contribution < 1.29 is 13.6 Å². The number of nitrogens with one attached hydrogen (secondary N) is 1. The second-order valence-electron chi connectivity index (χ2n) is 5.39. The quantitative estimate of drug-likeness (QED) is 0.856. The van der Waals surface area contributed by atoms with Crippen molar-refractivity contribution in [1.82, 2.24) is 0 Å². The lowest BCUT2D eigenvalue weighted by Crippen LogP contribution is -2.07. The maximum atomic E-state index is 12.8. The number of hydrogen-bond donors (Lipinski definition) is 1. The molecule has 1 N–H and O–H groups in total. The Labute approximate surface area is 122 Å². The van der Waals surface area contributed by atoms with Gasteiger partial charge in [-0.2, -0.15) is 0 Å². The number of furan rings is 1. The maximum absolute atomic E-state index is 12.8. The van der Waals surface area contributed by atoms with Gasteiger partial charge in [0.25, 0.3) is 0 Å². The molecule has 0 saturated heterocycles. The third kappa shape index (κ3) is 3.40. The molecule has 1 aliphatic carbocycles. The van der Waals surface area contributed by atoms with E-state index in [0.717, 1.165) is 5.76 Å². The van der Waals surface area contributed by atoms with Crippen LogP contribution < -0.4 is 5.32 Å². The molecule has 4 heteroatoms. The van der Waals surface area contributed by atoms with E-state index < -0.39 is 0 Å². The van der Waals surface area contributed by atoms with Crippen LogP contribution in [0.4, 0.5) is 10.1 Å². The predicted octanol–water partition coefficient (Wildman–Crippen LogP) is 4.19. The summed E-state index contributed by atoms with van der Waals surface area (Å²) in [7, 11) is 0. The molecule has 3 nitrogen and oxygen atoms in total. The highest BCUT2D eigenvalue weighted by atomic mass is 19.1. The van der Waals surface area contributed by atoms with E-state index in [9.17, 15) is 9.18 Å². The molecular formula is C17H16FNO2.